The Morgan fingerprint density at radius 1 is 1.35 bits per heavy atom. The number of carbonyl (C=O) groups excluding carboxylic acids is 1. The fourth-order valence-electron chi connectivity index (χ4n) is 1.34. The third kappa shape index (κ3) is 2.44. The lowest BCUT2D eigenvalue weighted by Gasteiger charge is -2.07. The van der Waals surface area contributed by atoms with Crippen LogP contribution < -0.4 is 5.32 Å². The number of nitrogens with zero attached hydrogens (tertiary/aromatic N) is 2. The van der Waals surface area contributed by atoms with Crippen LogP contribution in [0.25, 0.3) is 0 Å². The molecule has 2 aromatic heterocycles. The van der Waals surface area contributed by atoms with E-state index in [9.17, 15) is 9.18 Å². The zero-order chi connectivity index (χ0) is 12.3. The van der Waals surface area contributed by atoms with Crippen molar-refractivity contribution in [2.45, 2.75) is 6.92 Å². The van der Waals surface area contributed by atoms with E-state index in [-0.39, 0.29) is 5.56 Å². The standard InChI is InChI=1S/C12H10FN3O/c1-8-4-6-14-7-10(8)16-12(17)9-3-2-5-15-11(9)13/h2-7H,1H3,(H,16,17). The molecule has 0 aliphatic carbocycles. The molecule has 17 heavy (non-hydrogen) atoms. The van der Waals surface area contributed by atoms with Gasteiger partial charge in [-0.05, 0) is 30.7 Å². The van der Waals surface area contributed by atoms with Crippen LogP contribution >= 0.6 is 0 Å². The molecular formula is C12H10FN3O. The van der Waals surface area contributed by atoms with Gasteiger partial charge in [0.05, 0.1) is 17.4 Å². The molecule has 1 N–H and O–H groups in total. The van der Waals surface area contributed by atoms with E-state index in [0.29, 0.717) is 5.69 Å². The average Bonchev–Trinajstić information content (AvgIpc) is 2.32. The summed E-state index contributed by atoms with van der Waals surface area (Å²) in [6, 6.07) is 4.65. The van der Waals surface area contributed by atoms with Gasteiger partial charge in [-0.15, -0.1) is 0 Å². The summed E-state index contributed by atoms with van der Waals surface area (Å²) in [4.78, 5) is 19.1. The summed E-state index contributed by atoms with van der Waals surface area (Å²) in [5.74, 6) is -1.32. The topological polar surface area (TPSA) is 54.9 Å². The largest absolute Gasteiger partial charge is 0.320 e. The molecule has 0 radical (unpaired) electrons. The molecular weight excluding hydrogens is 221 g/mol. The van der Waals surface area contributed by atoms with Gasteiger partial charge in [0.1, 0.15) is 0 Å². The summed E-state index contributed by atoms with van der Waals surface area (Å²) in [6.45, 7) is 1.83. The van der Waals surface area contributed by atoms with Gasteiger partial charge in [0, 0.05) is 12.4 Å². The Balaban J connectivity index is 2.24. The first kappa shape index (κ1) is 11.2. The van der Waals surface area contributed by atoms with Gasteiger partial charge in [0.15, 0.2) is 0 Å². The van der Waals surface area contributed by atoms with Crippen LogP contribution in [0.4, 0.5) is 10.1 Å². The van der Waals surface area contributed by atoms with E-state index >= 15 is 0 Å². The van der Waals surface area contributed by atoms with Gasteiger partial charge < -0.3 is 5.32 Å². The molecule has 0 aliphatic rings. The fourth-order valence-corrected chi connectivity index (χ4v) is 1.34. The van der Waals surface area contributed by atoms with Crippen molar-refractivity contribution < 1.29 is 9.18 Å². The zero-order valence-corrected chi connectivity index (χ0v) is 9.14. The van der Waals surface area contributed by atoms with Gasteiger partial charge in [0.2, 0.25) is 5.95 Å². The smallest absolute Gasteiger partial charge is 0.260 e. The van der Waals surface area contributed by atoms with Gasteiger partial charge in [-0.3, -0.25) is 9.78 Å². The Morgan fingerprint density at radius 2 is 2.18 bits per heavy atom. The predicted octanol–water partition coefficient (Wildman–Crippen LogP) is 2.18. The van der Waals surface area contributed by atoms with E-state index in [1.807, 2.05) is 6.92 Å². The van der Waals surface area contributed by atoms with Crippen LogP contribution in [0.3, 0.4) is 0 Å². The van der Waals surface area contributed by atoms with Crippen molar-refractivity contribution >= 4 is 11.6 Å². The first-order valence-electron chi connectivity index (χ1n) is 5.01. The summed E-state index contributed by atoms with van der Waals surface area (Å²) >= 11 is 0. The Bertz CT molecular complexity index is 557. The van der Waals surface area contributed by atoms with Crippen LogP contribution in [-0.4, -0.2) is 15.9 Å². The highest BCUT2D eigenvalue weighted by atomic mass is 19.1. The van der Waals surface area contributed by atoms with Crippen LogP contribution in [0, 0.1) is 12.9 Å². The van der Waals surface area contributed by atoms with Crippen LogP contribution in [0.2, 0.25) is 0 Å². The van der Waals surface area contributed by atoms with Crippen molar-refractivity contribution in [2.75, 3.05) is 5.32 Å². The highest BCUT2D eigenvalue weighted by molar-refractivity contribution is 6.04. The Labute approximate surface area is 97.5 Å². The van der Waals surface area contributed by atoms with Gasteiger partial charge in [-0.2, -0.15) is 4.39 Å². The van der Waals surface area contributed by atoms with E-state index in [2.05, 4.69) is 15.3 Å². The molecule has 5 heteroatoms. The van der Waals surface area contributed by atoms with Crippen molar-refractivity contribution in [2.24, 2.45) is 0 Å². The number of carbonyl (C=O) groups is 1. The molecule has 4 nitrogen and oxygen atoms in total. The Hall–Kier alpha value is -2.30. The van der Waals surface area contributed by atoms with E-state index in [1.54, 1.807) is 12.3 Å². The Morgan fingerprint density at radius 3 is 2.88 bits per heavy atom. The highest BCUT2D eigenvalue weighted by Crippen LogP contribution is 2.13. The number of aryl methyl sites for hydroxylation is 1. The first-order chi connectivity index (χ1) is 8.18. The van der Waals surface area contributed by atoms with Gasteiger partial charge in [-0.1, -0.05) is 0 Å². The number of hydrogen-bond acceptors (Lipinski definition) is 3. The van der Waals surface area contributed by atoms with Gasteiger partial charge in [0.25, 0.3) is 5.91 Å². The normalized spacial score (nSPS) is 10.0. The van der Waals surface area contributed by atoms with E-state index in [1.165, 1.54) is 24.5 Å². The second-order valence-corrected chi connectivity index (χ2v) is 3.49. The molecule has 0 saturated heterocycles. The number of anilines is 1. The molecule has 0 atom stereocenters. The molecule has 2 rings (SSSR count). The molecule has 1 amide bonds. The van der Waals surface area contributed by atoms with Gasteiger partial charge in [-0.25, -0.2) is 4.98 Å². The first-order valence-corrected chi connectivity index (χ1v) is 5.01. The third-order valence-electron chi connectivity index (χ3n) is 2.29. The third-order valence-corrected chi connectivity index (χ3v) is 2.29. The van der Waals surface area contributed by atoms with Crippen LogP contribution in [0.5, 0.6) is 0 Å². The number of halogens is 1. The zero-order valence-electron chi connectivity index (χ0n) is 9.14. The molecule has 0 aromatic carbocycles. The number of rotatable bonds is 2. The minimum Gasteiger partial charge on any atom is -0.320 e. The second-order valence-electron chi connectivity index (χ2n) is 3.49. The molecule has 0 spiro atoms. The molecule has 0 aliphatic heterocycles. The van der Waals surface area contributed by atoms with E-state index in [4.69, 9.17) is 0 Å². The van der Waals surface area contributed by atoms with Crippen LogP contribution in [0.1, 0.15) is 15.9 Å². The van der Waals surface area contributed by atoms with E-state index in [0.717, 1.165) is 5.56 Å². The van der Waals surface area contributed by atoms with E-state index < -0.39 is 11.9 Å². The van der Waals surface area contributed by atoms with Crippen molar-refractivity contribution in [1.82, 2.24) is 9.97 Å². The monoisotopic (exact) mass is 231 g/mol. The second kappa shape index (κ2) is 4.69. The molecule has 2 heterocycles. The van der Waals surface area contributed by atoms with Crippen molar-refractivity contribution in [3.8, 4) is 0 Å². The maximum Gasteiger partial charge on any atom is 0.260 e. The quantitative estimate of drug-likeness (QED) is 0.806. The summed E-state index contributed by atoms with van der Waals surface area (Å²) in [5.41, 5.74) is 1.33. The average molecular weight is 231 g/mol. The molecule has 0 fully saturated rings. The fraction of sp³-hybridized carbons (Fsp3) is 0.0833. The minimum absolute atomic E-state index is 0.0873. The molecule has 0 saturated carbocycles. The molecule has 2 aromatic rings. The highest BCUT2D eigenvalue weighted by Gasteiger charge is 2.12. The van der Waals surface area contributed by atoms with Crippen molar-refractivity contribution in [1.29, 1.82) is 0 Å². The lowest BCUT2D eigenvalue weighted by molar-refractivity contribution is 0.102. The molecule has 86 valence electrons. The Kier molecular flexibility index (Phi) is 3.09. The number of nitrogens with one attached hydrogen (secondary N) is 1. The SMILES string of the molecule is Cc1ccncc1NC(=O)c1cccnc1F. The predicted molar refractivity (Wildman–Crippen MR) is 61.1 cm³/mol. The molecule has 0 unspecified atom stereocenters. The summed E-state index contributed by atoms with van der Waals surface area (Å²) < 4.78 is 13.3. The molecule has 0 bridgehead atoms. The van der Waals surface area contributed by atoms with Gasteiger partial charge >= 0.3 is 0 Å². The number of aromatic nitrogens is 2. The maximum absolute atomic E-state index is 13.3. The number of pyridine rings is 2. The van der Waals surface area contributed by atoms with Crippen LogP contribution in [0.15, 0.2) is 36.8 Å². The maximum atomic E-state index is 13.3. The lowest BCUT2D eigenvalue weighted by atomic mass is 10.2. The lowest BCUT2D eigenvalue weighted by Crippen LogP contribution is -2.15. The summed E-state index contributed by atoms with van der Waals surface area (Å²) in [6.07, 6.45) is 4.43. The van der Waals surface area contributed by atoms with Crippen LogP contribution in [-0.2, 0) is 0 Å². The van der Waals surface area contributed by atoms with Crippen molar-refractivity contribution in [3.63, 3.8) is 0 Å². The summed E-state index contributed by atoms with van der Waals surface area (Å²) in [7, 11) is 0. The summed E-state index contributed by atoms with van der Waals surface area (Å²) in [5, 5.41) is 2.59. The van der Waals surface area contributed by atoms with Crippen molar-refractivity contribution in [3.05, 3.63) is 53.9 Å². The number of hydrogen-bond donors (Lipinski definition) is 1. The number of amides is 1. The minimum atomic E-state index is -0.786.